The van der Waals surface area contributed by atoms with Gasteiger partial charge in [-0.2, -0.15) is 0 Å². The molecule has 0 bridgehead atoms. The molecule has 2 aromatic heterocycles. The third-order valence-corrected chi connectivity index (χ3v) is 6.21. The average molecular weight is 428 g/mol. The van der Waals surface area contributed by atoms with Crippen LogP contribution in [0.5, 0.6) is 0 Å². The van der Waals surface area contributed by atoms with Crippen molar-refractivity contribution in [1.29, 1.82) is 0 Å². The van der Waals surface area contributed by atoms with E-state index < -0.39 is 0 Å². The highest BCUT2D eigenvalue weighted by molar-refractivity contribution is 9.10. The molecular weight excluding hydrogens is 410 g/mol. The molecule has 0 radical (unpaired) electrons. The summed E-state index contributed by atoms with van der Waals surface area (Å²) in [7, 11) is 4.00. The van der Waals surface area contributed by atoms with Gasteiger partial charge < -0.3 is 4.90 Å². The molecule has 0 atom stereocenters. The van der Waals surface area contributed by atoms with Gasteiger partial charge in [-0.25, -0.2) is 9.38 Å². The van der Waals surface area contributed by atoms with Gasteiger partial charge in [-0.3, -0.25) is 4.79 Å². The van der Waals surface area contributed by atoms with Crippen LogP contribution >= 0.6 is 27.3 Å². The Balaban J connectivity index is 1.91. The molecule has 0 amide bonds. The summed E-state index contributed by atoms with van der Waals surface area (Å²) in [4.78, 5) is 20.4. The number of halogens is 1. The quantitative estimate of drug-likeness (QED) is 0.486. The zero-order chi connectivity index (χ0) is 18.6. The first-order valence-corrected chi connectivity index (χ1v) is 9.87. The van der Waals surface area contributed by atoms with Gasteiger partial charge in [-0.1, -0.05) is 17.4 Å². The lowest BCUT2D eigenvalue weighted by Gasteiger charge is -2.14. The van der Waals surface area contributed by atoms with Crippen LogP contribution in [0.2, 0.25) is 0 Å². The highest BCUT2D eigenvalue weighted by atomic mass is 79.9. The molecule has 0 saturated heterocycles. The van der Waals surface area contributed by atoms with Gasteiger partial charge in [-0.15, -0.1) is 0 Å². The van der Waals surface area contributed by atoms with Gasteiger partial charge in [-0.05, 0) is 76.8 Å². The Morgan fingerprint density at radius 3 is 2.58 bits per heavy atom. The Kier molecular flexibility index (Phi) is 4.12. The average Bonchev–Trinajstić information content (AvgIpc) is 3.05. The van der Waals surface area contributed by atoms with E-state index in [9.17, 15) is 4.79 Å². The van der Waals surface area contributed by atoms with E-state index >= 15 is 0 Å². The molecule has 6 heteroatoms. The fourth-order valence-corrected chi connectivity index (χ4v) is 4.78. The molecule has 132 valence electrons. The second-order valence-electron chi connectivity index (χ2n) is 6.68. The summed E-state index contributed by atoms with van der Waals surface area (Å²) in [5, 5.41) is 0. The summed E-state index contributed by atoms with van der Waals surface area (Å²) in [6.07, 6.45) is 1.93. The van der Waals surface area contributed by atoms with Crippen molar-refractivity contribution in [2.75, 3.05) is 19.0 Å². The second kappa shape index (κ2) is 6.21. The van der Waals surface area contributed by atoms with Crippen molar-refractivity contribution in [1.82, 2.24) is 9.38 Å². The van der Waals surface area contributed by atoms with E-state index in [4.69, 9.17) is 0 Å². The Morgan fingerprint density at radius 2 is 1.88 bits per heavy atom. The molecule has 0 fully saturated rings. The normalized spacial score (nSPS) is 12.4. The van der Waals surface area contributed by atoms with E-state index in [1.807, 2.05) is 55.4 Å². The van der Waals surface area contributed by atoms with Gasteiger partial charge in [0.05, 0.1) is 21.3 Å². The first-order chi connectivity index (χ1) is 12.3. The molecule has 2 aromatic carbocycles. The number of aromatic nitrogens is 2. The third-order valence-electron chi connectivity index (χ3n) is 4.61. The van der Waals surface area contributed by atoms with E-state index in [2.05, 4.69) is 34.8 Å². The van der Waals surface area contributed by atoms with Crippen molar-refractivity contribution in [3.63, 3.8) is 0 Å². The Labute approximate surface area is 163 Å². The van der Waals surface area contributed by atoms with Crippen LogP contribution in [-0.2, 0) is 0 Å². The van der Waals surface area contributed by atoms with Crippen molar-refractivity contribution in [2.45, 2.75) is 13.8 Å². The first kappa shape index (κ1) is 17.2. The number of hydrogen-bond acceptors (Lipinski definition) is 4. The van der Waals surface area contributed by atoms with Crippen LogP contribution in [-0.4, -0.2) is 23.5 Å². The molecule has 4 rings (SSSR count). The standard InChI is InChI=1S/C20H18BrN3OS/c1-11-7-15-17(8-12(11)2)24-19(25)18(26-20(24)22-15)10-13-5-6-16(23(3)4)14(21)9-13/h5-10H,1-4H3/b18-10-. The van der Waals surface area contributed by atoms with E-state index in [-0.39, 0.29) is 5.56 Å². The zero-order valence-electron chi connectivity index (χ0n) is 15.0. The van der Waals surface area contributed by atoms with Crippen LogP contribution in [0.15, 0.2) is 39.6 Å². The van der Waals surface area contributed by atoms with Crippen molar-refractivity contribution >= 4 is 55.0 Å². The molecule has 2 heterocycles. The topological polar surface area (TPSA) is 37.6 Å². The monoisotopic (exact) mass is 427 g/mol. The molecule has 0 aliphatic carbocycles. The minimum Gasteiger partial charge on any atom is -0.377 e. The number of anilines is 1. The predicted molar refractivity (Wildman–Crippen MR) is 114 cm³/mol. The van der Waals surface area contributed by atoms with Crippen LogP contribution in [0.25, 0.3) is 22.1 Å². The van der Waals surface area contributed by atoms with Gasteiger partial charge in [0, 0.05) is 18.6 Å². The molecule has 0 spiro atoms. The highest BCUT2D eigenvalue weighted by Crippen LogP contribution is 2.26. The van der Waals surface area contributed by atoms with Crippen molar-refractivity contribution in [2.24, 2.45) is 0 Å². The fraction of sp³-hybridized carbons (Fsp3) is 0.200. The highest BCUT2D eigenvalue weighted by Gasteiger charge is 2.12. The van der Waals surface area contributed by atoms with Crippen LogP contribution in [0.3, 0.4) is 0 Å². The lowest BCUT2D eigenvalue weighted by atomic mass is 10.1. The zero-order valence-corrected chi connectivity index (χ0v) is 17.4. The van der Waals surface area contributed by atoms with Crippen LogP contribution in [0, 0.1) is 13.8 Å². The van der Waals surface area contributed by atoms with E-state index in [0.717, 1.165) is 31.7 Å². The first-order valence-electron chi connectivity index (χ1n) is 8.26. The maximum atomic E-state index is 12.9. The number of benzene rings is 2. The molecule has 0 unspecified atom stereocenters. The largest absolute Gasteiger partial charge is 0.377 e. The summed E-state index contributed by atoms with van der Waals surface area (Å²) in [6.45, 7) is 4.12. The number of rotatable bonds is 2. The number of imidazole rings is 1. The lowest BCUT2D eigenvalue weighted by Crippen LogP contribution is -2.22. The van der Waals surface area contributed by atoms with Gasteiger partial charge in [0.25, 0.3) is 5.56 Å². The molecule has 0 aliphatic rings. The summed E-state index contributed by atoms with van der Waals surface area (Å²) >= 11 is 5.03. The van der Waals surface area contributed by atoms with E-state index in [1.165, 1.54) is 22.5 Å². The summed E-state index contributed by atoms with van der Waals surface area (Å²) in [5.74, 6) is 0. The number of aryl methyl sites for hydroxylation is 2. The summed E-state index contributed by atoms with van der Waals surface area (Å²) in [5.41, 5.74) is 6.19. The maximum Gasteiger partial charge on any atom is 0.274 e. The van der Waals surface area contributed by atoms with Gasteiger partial charge in [0.1, 0.15) is 0 Å². The molecule has 4 nitrogen and oxygen atoms in total. The Hall–Kier alpha value is -2.18. The third kappa shape index (κ3) is 2.73. The van der Waals surface area contributed by atoms with Crippen LogP contribution in [0.4, 0.5) is 5.69 Å². The molecule has 0 N–H and O–H groups in total. The SMILES string of the molecule is Cc1cc2nc3s/c(=C\c4ccc(N(C)C)c(Br)c4)c(=O)n3c2cc1C. The van der Waals surface area contributed by atoms with Crippen molar-refractivity contribution in [3.8, 4) is 0 Å². The van der Waals surface area contributed by atoms with Gasteiger partial charge in [0.2, 0.25) is 0 Å². The van der Waals surface area contributed by atoms with Gasteiger partial charge >= 0.3 is 0 Å². The summed E-state index contributed by atoms with van der Waals surface area (Å²) < 4.78 is 3.42. The Morgan fingerprint density at radius 1 is 1.15 bits per heavy atom. The van der Waals surface area contributed by atoms with Crippen molar-refractivity contribution in [3.05, 3.63) is 66.4 Å². The van der Waals surface area contributed by atoms with Crippen molar-refractivity contribution < 1.29 is 0 Å². The fourth-order valence-electron chi connectivity index (χ4n) is 3.05. The lowest BCUT2D eigenvalue weighted by molar-refractivity contribution is 1.12. The van der Waals surface area contributed by atoms with E-state index in [1.54, 1.807) is 4.40 Å². The molecule has 0 aliphatic heterocycles. The molecular formula is C20H18BrN3OS. The minimum atomic E-state index is -0.0106. The summed E-state index contributed by atoms with van der Waals surface area (Å²) in [6, 6.07) is 10.2. The Bertz CT molecular complexity index is 1270. The van der Waals surface area contributed by atoms with Gasteiger partial charge in [0.15, 0.2) is 4.96 Å². The number of nitrogens with zero attached hydrogens (tertiary/aromatic N) is 3. The number of hydrogen-bond donors (Lipinski definition) is 0. The number of fused-ring (bicyclic) bond motifs is 3. The van der Waals surface area contributed by atoms with Crippen LogP contribution in [0.1, 0.15) is 16.7 Å². The van der Waals surface area contributed by atoms with E-state index in [0.29, 0.717) is 4.53 Å². The van der Waals surface area contributed by atoms with Crippen LogP contribution < -0.4 is 15.0 Å². The smallest absolute Gasteiger partial charge is 0.274 e. The maximum absolute atomic E-state index is 12.9. The number of thiazole rings is 1. The molecule has 26 heavy (non-hydrogen) atoms. The molecule has 0 saturated carbocycles. The minimum absolute atomic E-state index is 0.0106. The molecule has 4 aromatic rings. The second-order valence-corrected chi connectivity index (χ2v) is 8.54. The predicted octanol–water partition coefficient (Wildman–Crippen LogP) is 3.90.